The molecule has 4 nitrogen and oxygen atoms in total. The quantitative estimate of drug-likeness (QED) is 0.721. The molecule has 0 amide bonds. The second kappa shape index (κ2) is 8.78. The number of methoxy groups -OCH3 is 1. The monoisotopic (exact) mass is 314 g/mol. The molecule has 0 saturated carbocycles. The molecule has 1 rings (SSSR count). The summed E-state index contributed by atoms with van der Waals surface area (Å²) in [4.78, 5) is 11.0. The first kappa shape index (κ1) is 17.6. The third-order valence-electron chi connectivity index (χ3n) is 3.48. The minimum atomic E-state index is -1.05. The lowest BCUT2D eigenvalue weighted by Gasteiger charge is -2.18. The van der Waals surface area contributed by atoms with E-state index in [1.165, 1.54) is 25.7 Å². The Morgan fingerprint density at radius 1 is 1.38 bits per heavy atom. The van der Waals surface area contributed by atoms with Crippen molar-refractivity contribution < 1.29 is 19.4 Å². The summed E-state index contributed by atoms with van der Waals surface area (Å²) in [6, 6.07) is 2.81. The van der Waals surface area contributed by atoms with Crippen molar-refractivity contribution in [1.29, 1.82) is 0 Å². The van der Waals surface area contributed by atoms with Crippen molar-refractivity contribution in [2.75, 3.05) is 13.7 Å². The molecule has 0 radical (unpaired) electrons. The minimum absolute atomic E-state index is 0.0854. The number of carboxylic acid groups (broad SMARTS) is 1. The summed E-state index contributed by atoms with van der Waals surface area (Å²) in [5, 5.41) is 9.28. The maximum absolute atomic E-state index is 11.0. The highest BCUT2D eigenvalue weighted by atomic mass is 35.5. The topological polar surface area (TPSA) is 55.8 Å². The highest BCUT2D eigenvalue weighted by Gasteiger charge is 2.16. The van der Waals surface area contributed by atoms with Crippen molar-refractivity contribution in [3.05, 3.63) is 22.7 Å². The summed E-state index contributed by atoms with van der Waals surface area (Å²) in [6.45, 7) is 4.85. The smallest absolute Gasteiger partial charge is 0.335 e. The molecule has 0 aliphatic rings. The molecule has 1 atom stereocenters. The van der Waals surface area contributed by atoms with E-state index < -0.39 is 5.97 Å². The van der Waals surface area contributed by atoms with Gasteiger partial charge in [0.25, 0.3) is 0 Å². The number of benzene rings is 1. The molecule has 0 aliphatic carbocycles. The molecule has 21 heavy (non-hydrogen) atoms. The van der Waals surface area contributed by atoms with Gasteiger partial charge in [-0.3, -0.25) is 0 Å². The van der Waals surface area contributed by atoms with Gasteiger partial charge in [0, 0.05) is 0 Å². The zero-order valence-electron chi connectivity index (χ0n) is 12.8. The van der Waals surface area contributed by atoms with Gasteiger partial charge in [0.2, 0.25) is 0 Å². The zero-order chi connectivity index (χ0) is 15.8. The molecule has 0 saturated heterocycles. The Hall–Kier alpha value is -1.42. The molecule has 1 aromatic carbocycles. The molecule has 0 aromatic heterocycles. The molecule has 118 valence electrons. The van der Waals surface area contributed by atoms with Crippen LogP contribution in [0.5, 0.6) is 11.5 Å². The first-order chi connectivity index (χ1) is 10.0. The Morgan fingerprint density at radius 3 is 2.62 bits per heavy atom. The lowest BCUT2D eigenvalue weighted by atomic mass is 10.0. The van der Waals surface area contributed by atoms with Gasteiger partial charge >= 0.3 is 5.97 Å². The molecule has 0 heterocycles. The molecule has 0 fully saturated rings. The normalized spacial score (nSPS) is 12.0. The van der Waals surface area contributed by atoms with Crippen LogP contribution in [0, 0.1) is 5.92 Å². The van der Waals surface area contributed by atoms with Crippen molar-refractivity contribution in [2.45, 2.75) is 39.5 Å². The minimum Gasteiger partial charge on any atom is -0.493 e. The van der Waals surface area contributed by atoms with Gasteiger partial charge < -0.3 is 14.6 Å². The fourth-order valence-electron chi connectivity index (χ4n) is 2.08. The van der Waals surface area contributed by atoms with E-state index in [2.05, 4.69) is 13.8 Å². The van der Waals surface area contributed by atoms with Gasteiger partial charge in [-0.05, 0) is 24.5 Å². The van der Waals surface area contributed by atoms with Gasteiger partial charge in [0.05, 0.1) is 24.3 Å². The molecule has 0 spiro atoms. The maximum Gasteiger partial charge on any atom is 0.335 e. The number of hydrogen-bond donors (Lipinski definition) is 1. The van der Waals surface area contributed by atoms with E-state index in [0.29, 0.717) is 24.0 Å². The molecule has 0 aliphatic heterocycles. The van der Waals surface area contributed by atoms with Gasteiger partial charge in [-0.1, -0.05) is 44.7 Å². The van der Waals surface area contributed by atoms with Crippen LogP contribution in [0.25, 0.3) is 0 Å². The third kappa shape index (κ3) is 5.12. The van der Waals surface area contributed by atoms with Crippen LogP contribution < -0.4 is 9.47 Å². The second-order valence-electron chi connectivity index (χ2n) is 5.02. The SMILES string of the molecule is CCCCC(CC)COc1c(Cl)cc(C(=O)O)cc1OC. The number of unbranched alkanes of at least 4 members (excludes halogenated alkanes) is 1. The van der Waals surface area contributed by atoms with Crippen LogP contribution in [-0.4, -0.2) is 24.8 Å². The number of halogens is 1. The molecule has 1 aromatic rings. The molecule has 5 heteroatoms. The summed E-state index contributed by atoms with van der Waals surface area (Å²) in [5.41, 5.74) is 0.0854. The van der Waals surface area contributed by atoms with Crippen molar-refractivity contribution >= 4 is 17.6 Å². The van der Waals surface area contributed by atoms with E-state index in [1.807, 2.05) is 0 Å². The fraction of sp³-hybridized carbons (Fsp3) is 0.562. The van der Waals surface area contributed by atoms with Gasteiger partial charge in [-0.2, -0.15) is 0 Å². The van der Waals surface area contributed by atoms with Crippen LogP contribution in [0.15, 0.2) is 12.1 Å². The number of carboxylic acids is 1. The van der Waals surface area contributed by atoms with Crippen LogP contribution in [0.4, 0.5) is 0 Å². The van der Waals surface area contributed by atoms with Crippen LogP contribution in [0.2, 0.25) is 5.02 Å². The highest BCUT2D eigenvalue weighted by Crippen LogP contribution is 2.37. The third-order valence-corrected chi connectivity index (χ3v) is 3.76. The summed E-state index contributed by atoms with van der Waals surface area (Å²) < 4.78 is 11.0. The molecular formula is C16H23ClO4. The summed E-state index contributed by atoms with van der Waals surface area (Å²) in [6.07, 6.45) is 4.48. The summed E-state index contributed by atoms with van der Waals surface area (Å²) in [5.74, 6) is 0.186. The van der Waals surface area contributed by atoms with Crippen LogP contribution in [0.1, 0.15) is 49.9 Å². The van der Waals surface area contributed by atoms with E-state index in [9.17, 15) is 4.79 Å². The van der Waals surface area contributed by atoms with Gasteiger partial charge in [-0.15, -0.1) is 0 Å². The van der Waals surface area contributed by atoms with Crippen molar-refractivity contribution in [2.24, 2.45) is 5.92 Å². The average molecular weight is 315 g/mol. The van der Waals surface area contributed by atoms with Crippen LogP contribution >= 0.6 is 11.6 Å². The second-order valence-corrected chi connectivity index (χ2v) is 5.43. The first-order valence-corrected chi connectivity index (χ1v) is 7.64. The summed E-state index contributed by atoms with van der Waals surface area (Å²) >= 11 is 6.12. The number of aromatic carboxylic acids is 1. The van der Waals surface area contributed by atoms with Crippen LogP contribution in [0.3, 0.4) is 0 Å². The van der Waals surface area contributed by atoms with E-state index in [4.69, 9.17) is 26.2 Å². The van der Waals surface area contributed by atoms with E-state index in [-0.39, 0.29) is 10.6 Å². The van der Waals surface area contributed by atoms with E-state index in [0.717, 1.165) is 19.3 Å². The zero-order valence-corrected chi connectivity index (χ0v) is 13.6. The Bertz CT molecular complexity index is 474. The van der Waals surface area contributed by atoms with E-state index >= 15 is 0 Å². The van der Waals surface area contributed by atoms with Crippen molar-refractivity contribution in [3.8, 4) is 11.5 Å². The molecule has 0 bridgehead atoms. The standard InChI is InChI=1S/C16H23ClO4/c1-4-6-7-11(5-2)10-21-15-13(17)8-12(16(18)19)9-14(15)20-3/h8-9,11H,4-7,10H2,1-3H3,(H,18,19). The Balaban J connectivity index is 2.84. The molecular weight excluding hydrogens is 292 g/mol. The predicted molar refractivity (Wildman–Crippen MR) is 83.8 cm³/mol. The average Bonchev–Trinajstić information content (AvgIpc) is 2.47. The maximum atomic E-state index is 11.0. The van der Waals surface area contributed by atoms with Crippen LogP contribution in [-0.2, 0) is 0 Å². The number of rotatable bonds is 9. The van der Waals surface area contributed by atoms with Crippen molar-refractivity contribution in [3.63, 3.8) is 0 Å². The Kier molecular flexibility index (Phi) is 7.37. The van der Waals surface area contributed by atoms with Gasteiger partial charge in [0.15, 0.2) is 11.5 Å². The molecule has 1 unspecified atom stereocenters. The lowest BCUT2D eigenvalue weighted by Crippen LogP contribution is -2.12. The van der Waals surface area contributed by atoms with E-state index in [1.54, 1.807) is 0 Å². The predicted octanol–water partition coefficient (Wildman–Crippen LogP) is 4.64. The van der Waals surface area contributed by atoms with Crippen molar-refractivity contribution in [1.82, 2.24) is 0 Å². The first-order valence-electron chi connectivity index (χ1n) is 7.27. The fourth-order valence-corrected chi connectivity index (χ4v) is 2.35. The Labute approximate surface area is 131 Å². The highest BCUT2D eigenvalue weighted by molar-refractivity contribution is 6.32. The number of ether oxygens (including phenoxy) is 2. The largest absolute Gasteiger partial charge is 0.493 e. The van der Waals surface area contributed by atoms with Gasteiger partial charge in [-0.25, -0.2) is 4.79 Å². The number of carbonyl (C=O) groups is 1. The number of hydrogen-bond acceptors (Lipinski definition) is 3. The summed E-state index contributed by atoms with van der Waals surface area (Å²) in [7, 11) is 1.47. The molecule has 1 N–H and O–H groups in total. The lowest BCUT2D eigenvalue weighted by molar-refractivity contribution is 0.0696. The Morgan fingerprint density at radius 2 is 2.10 bits per heavy atom. The van der Waals surface area contributed by atoms with Gasteiger partial charge in [0.1, 0.15) is 0 Å².